The van der Waals surface area contributed by atoms with Gasteiger partial charge in [-0.1, -0.05) is 49.7 Å². The van der Waals surface area contributed by atoms with Gasteiger partial charge in [-0.05, 0) is 48.2 Å². The van der Waals surface area contributed by atoms with Crippen molar-refractivity contribution >= 4 is 28.9 Å². The van der Waals surface area contributed by atoms with Gasteiger partial charge < -0.3 is 15.3 Å². The molecule has 3 aromatic rings. The Kier molecular flexibility index (Phi) is 5.93. The Hall–Kier alpha value is -2.63. The van der Waals surface area contributed by atoms with Crippen molar-refractivity contribution in [3.63, 3.8) is 0 Å². The Bertz CT molecular complexity index is 1050. The van der Waals surface area contributed by atoms with Gasteiger partial charge in [-0.25, -0.2) is 9.97 Å². The van der Waals surface area contributed by atoms with E-state index >= 15 is 0 Å². The van der Waals surface area contributed by atoms with E-state index in [1.165, 1.54) is 11.1 Å². The smallest absolute Gasteiger partial charge is 0.136 e. The molecule has 5 nitrogen and oxygen atoms in total. The molecule has 0 spiro atoms. The summed E-state index contributed by atoms with van der Waals surface area (Å²) in [6, 6.07) is 15.9. The lowest BCUT2D eigenvalue weighted by atomic mass is 9.96. The van der Waals surface area contributed by atoms with Crippen molar-refractivity contribution in [3.8, 4) is 0 Å². The van der Waals surface area contributed by atoms with Crippen LogP contribution in [0.15, 0.2) is 48.5 Å². The highest BCUT2D eigenvalue weighted by atomic mass is 35.5. The topological polar surface area (TPSA) is 61.3 Å². The van der Waals surface area contributed by atoms with Gasteiger partial charge in [0.25, 0.3) is 0 Å². The molecule has 0 saturated carbocycles. The van der Waals surface area contributed by atoms with Gasteiger partial charge in [0.2, 0.25) is 0 Å². The number of fused-ring (bicyclic) bond motifs is 1. The normalized spacial score (nSPS) is 14.5. The van der Waals surface area contributed by atoms with Gasteiger partial charge in [0, 0.05) is 35.8 Å². The molecule has 1 aromatic heterocycles. The quantitative estimate of drug-likeness (QED) is 0.559. The fourth-order valence-corrected chi connectivity index (χ4v) is 3.87. The standard InChI is InChI=1S/C24H27ClN4O/c1-15(2)24-27-22(26-21-6-4-5-20(25)12-21)13-23(28-24)29-10-9-18-11-17(16(3)30)7-8-19(18)14-29/h4-8,11-13,15-16,30H,9-10,14H2,1-3H3,(H,26,27,28)/t16-/m0/s1. The number of aliphatic hydroxyl groups is 1. The maximum Gasteiger partial charge on any atom is 0.136 e. The van der Waals surface area contributed by atoms with E-state index < -0.39 is 6.10 Å². The first kappa shape index (κ1) is 20.6. The number of hydrogen-bond donors (Lipinski definition) is 2. The predicted molar refractivity (Wildman–Crippen MR) is 123 cm³/mol. The van der Waals surface area contributed by atoms with Gasteiger partial charge >= 0.3 is 0 Å². The summed E-state index contributed by atoms with van der Waals surface area (Å²) in [5.74, 6) is 2.72. The molecule has 0 bridgehead atoms. The van der Waals surface area contributed by atoms with Crippen molar-refractivity contribution in [2.45, 2.75) is 45.8 Å². The number of aliphatic hydroxyl groups excluding tert-OH is 1. The number of nitrogens with zero attached hydrogens (tertiary/aromatic N) is 3. The second kappa shape index (κ2) is 8.62. The number of benzene rings is 2. The number of halogens is 1. The minimum absolute atomic E-state index is 0.218. The first-order valence-corrected chi connectivity index (χ1v) is 10.7. The molecule has 0 aliphatic carbocycles. The van der Waals surface area contributed by atoms with Crippen molar-refractivity contribution < 1.29 is 5.11 Å². The van der Waals surface area contributed by atoms with E-state index in [4.69, 9.17) is 21.6 Å². The van der Waals surface area contributed by atoms with E-state index in [0.29, 0.717) is 5.02 Å². The van der Waals surface area contributed by atoms with E-state index in [-0.39, 0.29) is 5.92 Å². The molecule has 2 heterocycles. The zero-order valence-corrected chi connectivity index (χ0v) is 18.3. The number of hydrogen-bond acceptors (Lipinski definition) is 5. The molecular formula is C24H27ClN4O. The SMILES string of the molecule is CC(C)c1nc(Nc2cccc(Cl)c2)cc(N2CCc3cc([C@H](C)O)ccc3C2)n1. The van der Waals surface area contributed by atoms with Gasteiger partial charge in [0.05, 0.1) is 6.10 Å². The maximum absolute atomic E-state index is 9.86. The second-order valence-electron chi connectivity index (χ2n) is 8.14. The molecule has 156 valence electrons. The Balaban J connectivity index is 1.62. The van der Waals surface area contributed by atoms with Gasteiger partial charge in [-0.15, -0.1) is 0 Å². The van der Waals surface area contributed by atoms with Crippen LogP contribution < -0.4 is 10.2 Å². The van der Waals surface area contributed by atoms with Crippen LogP contribution in [0.3, 0.4) is 0 Å². The van der Waals surface area contributed by atoms with E-state index in [1.807, 2.05) is 36.4 Å². The molecule has 1 aliphatic rings. The average molecular weight is 423 g/mol. The van der Waals surface area contributed by atoms with E-state index in [0.717, 1.165) is 48.2 Å². The molecule has 30 heavy (non-hydrogen) atoms. The molecule has 0 amide bonds. The van der Waals surface area contributed by atoms with Gasteiger partial charge in [0.15, 0.2) is 0 Å². The van der Waals surface area contributed by atoms with Crippen LogP contribution in [0.1, 0.15) is 55.3 Å². The van der Waals surface area contributed by atoms with Crippen LogP contribution in [0, 0.1) is 0 Å². The Morgan fingerprint density at radius 1 is 1.03 bits per heavy atom. The van der Waals surface area contributed by atoms with Crippen molar-refractivity contribution in [2.75, 3.05) is 16.8 Å². The van der Waals surface area contributed by atoms with Crippen LogP contribution in [0.2, 0.25) is 5.02 Å². The molecule has 0 fully saturated rings. The zero-order valence-electron chi connectivity index (χ0n) is 17.6. The van der Waals surface area contributed by atoms with Crippen LogP contribution in [-0.4, -0.2) is 21.6 Å². The maximum atomic E-state index is 9.86. The van der Waals surface area contributed by atoms with Gasteiger partial charge in [-0.2, -0.15) is 0 Å². The van der Waals surface area contributed by atoms with Crippen LogP contribution in [0.25, 0.3) is 0 Å². The lowest BCUT2D eigenvalue weighted by molar-refractivity contribution is 0.199. The summed E-state index contributed by atoms with van der Waals surface area (Å²) < 4.78 is 0. The highest BCUT2D eigenvalue weighted by Crippen LogP contribution is 2.29. The monoisotopic (exact) mass is 422 g/mol. The summed E-state index contributed by atoms with van der Waals surface area (Å²) in [5.41, 5.74) is 4.45. The van der Waals surface area contributed by atoms with Crippen LogP contribution >= 0.6 is 11.6 Å². The van der Waals surface area contributed by atoms with E-state index in [2.05, 4.69) is 36.2 Å². The van der Waals surface area contributed by atoms with Crippen molar-refractivity contribution in [3.05, 3.63) is 76.1 Å². The lowest BCUT2D eigenvalue weighted by Gasteiger charge is -2.31. The highest BCUT2D eigenvalue weighted by molar-refractivity contribution is 6.30. The predicted octanol–water partition coefficient (Wildman–Crippen LogP) is 5.61. The summed E-state index contributed by atoms with van der Waals surface area (Å²) >= 11 is 6.13. The summed E-state index contributed by atoms with van der Waals surface area (Å²) in [5, 5.41) is 13.9. The third-order valence-electron chi connectivity index (χ3n) is 5.39. The lowest BCUT2D eigenvalue weighted by Crippen LogP contribution is -2.31. The average Bonchev–Trinajstić information content (AvgIpc) is 2.72. The molecule has 1 aliphatic heterocycles. The summed E-state index contributed by atoms with van der Waals surface area (Å²) in [7, 11) is 0. The fraction of sp³-hybridized carbons (Fsp3) is 0.333. The van der Waals surface area contributed by atoms with Crippen molar-refractivity contribution in [1.82, 2.24) is 9.97 Å². The summed E-state index contributed by atoms with van der Waals surface area (Å²) in [6.07, 6.45) is 0.484. The van der Waals surface area contributed by atoms with E-state index in [9.17, 15) is 5.11 Å². The minimum atomic E-state index is -0.441. The largest absolute Gasteiger partial charge is 0.389 e. The van der Waals surface area contributed by atoms with Gasteiger partial charge in [-0.3, -0.25) is 0 Å². The molecule has 6 heteroatoms. The summed E-state index contributed by atoms with van der Waals surface area (Å²) in [4.78, 5) is 11.8. The van der Waals surface area contributed by atoms with Crippen LogP contribution in [0.5, 0.6) is 0 Å². The van der Waals surface area contributed by atoms with Crippen LogP contribution in [-0.2, 0) is 13.0 Å². The van der Waals surface area contributed by atoms with Gasteiger partial charge in [0.1, 0.15) is 17.5 Å². The minimum Gasteiger partial charge on any atom is -0.389 e. The molecule has 2 aromatic carbocycles. The first-order chi connectivity index (χ1) is 14.4. The van der Waals surface area contributed by atoms with Crippen molar-refractivity contribution in [2.24, 2.45) is 0 Å². The molecule has 4 rings (SSSR count). The number of aromatic nitrogens is 2. The Labute approximate surface area is 182 Å². The number of anilines is 3. The first-order valence-electron chi connectivity index (χ1n) is 10.4. The zero-order chi connectivity index (χ0) is 21.3. The fourth-order valence-electron chi connectivity index (χ4n) is 3.68. The molecule has 0 unspecified atom stereocenters. The van der Waals surface area contributed by atoms with Crippen LogP contribution in [0.4, 0.5) is 17.3 Å². The number of rotatable bonds is 5. The Morgan fingerprint density at radius 3 is 2.60 bits per heavy atom. The molecule has 0 saturated heterocycles. The Morgan fingerprint density at radius 2 is 1.87 bits per heavy atom. The third-order valence-corrected chi connectivity index (χ3v) is 5.63. The number of nitrogens with one attached hydrogen (secondary N) is 1. The molecular weight excluding hydrogens is 396 g/mol. The summed E-state index contributed by atoms with van der Waals surface area (Å²) in [6.45, 7) is 7.68. The van der Waals surface area contributed by atoms with Crippen molar-refractivity contribution in [1.29, 1.82) is 0 Å². The molecule has 2 N–H and O–H groups in total. The molecule has 1 atom stereocenters. The van der Waals surface area contributed by atoms with E-state index in [1.54, 1.807) is 6.92 Å². The third kappa shape index (κ3) is 4.58. The molecule has 0 radical (unpaired) electrons. The highest BCUT2D eigenvalue weighted by Gasteiger charge is 2.20. The second-order valence-corrected chi connectivity index (χ2v) is 8.57.